The summed E-state index contributed by atoms with van der Waals surface area (Å²) in [6.45, 7) is 8.00. The van der Waals surface area contributed by atoms with Gasteiger partial charge in [-0.05, 0) is 45.1 Å². The van der Waals surface area contributed by atoms with Crippen molar-refractivity contribution in [3.8, 4) is 0 Å². The van der Waals surface area contributed by atoms with Gasteiger partial charge in [0.05, 0.1) is 0 Å². The van der Waals surface area contributed by atoms with Crippen molar-refractivity contribution >= 4 is 0 Å². The fraction of sp³-hybridized carbons (Fsp3) is 0.875. The molecular weight excluding hydrogens is 206 g/mol. The van der Waals surface area contributed by atoms with Gasteiger partial charge in [0.2, 0.25) is 0 Å². The molecule has 1 heteroatoms. The first-order valence-electron chi connectivity index (χ1n) is 7.73. The van der Waals surface area contributed by atoms with Crippen molar-refractivity contribution in [1.29, 1.82) is 0 Å². The van der Waals surface area contributed by atoms with Crippen LogP contribution in [-0.2, 0) is 0 Å². The summed E-state index contributed by atoms with van der Waals surface area (Å²) in [6, 6.07) is 0.750. The number of hydrogen-bond donors (Lipinski definition) is 1. The zero-order chi connectivity index (χ0) is 12.8. The summed E-state index contributed by atoms with van der Waals surface area (Å²) in [5, 5.41) is 3.66. The normalized spacial score (nSPS) is 13.4. The molecule has 0 heterocycles. The number of rotatable bonds is 12. The summed E-state index contributed by atoms with van der Waals surface area (Å²) in [7, 11) is 0. The Kier molecular flexibility index (Phi) is 13.5. The van der Waals surface area contributed by atoms with Crippen LogP contribution in [0, 0.1) is 0 Å². The quantitative estimate of drug-likeness (QED) is 0.370. The van der Waals surface area contributed by atoms with Crippen molar-refractivity contribution in [3.05, 3.63) is 12.2 Å². The van der Waals surface area contributed by atoms with Crippen LogP contribution in [-0.4, -0.2) is 12.6 Å². The van der Waals surface area contributed by atoms with Gasteiger partial charge in [-0.1, -0.05) is 52.2 Å². The molecule has 0 aromatic heterocycles. The van der Waals surface area contributed by atoms with Crippen LogP contribution in [0.2, 0.25) is 0 Å². The molecule has 0 amide bonds. The Balaban J connectivity index is 3.24. The third-order valence-electron chi connectivity index (χ3n) is 3.25. The molecule has 0 fully saturated rings. The van der Waals surface area contributed by atoms with Crippen LogP contribution in [0.25, 0.3) is 0 Å². The maximum atomic E-state index is 3.66. The molecule has 0 rings (SSSR count). The van der Waals surface area contributed by atoms with Gasteiger partial charge in [-0.15, -0.1) is 0 Å². The number of nitrogens with one attached hydrogen (secondary N) is 1. The topological polar surface area (TPSA) is 12.0 Å². The monoisotopic (exact) mass is 239 g/mol. The highest BCUT2D eigenvalue weighted by Gasteiger charge is 2.02. The Labute approximate surface area is 109 Å². The smallest absolute Gasteiger partial charge is 0.00643 e. The van der Waals surface area contributed by atoms with E-state index in [-0.39, 0.29) is 0 Å². The lowest BCUT2D eigenvalue weighted by molar-refractivity contribution is 0.455. The minimum atomic E-state index is 0.750. The van der Waals surface area contributed by atoms with Gasteiger partial charge >= 0.3 is 0 Å². The third-order valence-corrected chi connectivity index (χ3v) is 3.25. The first kappa shape index (κ1) is 16.7. The molecule has 0 spiro atoms. The zero-order valence-electron chi connectivity index (χ0n) is 12.3. The van der Waals surface area contributed by atoms with Gasteiger partial charge in [-0.25, -0.2) is 0 Å². The Bertz CT molecular complexity index is 163. The minimum Gasteiger partial charge on any atom is -0.314 e. The summed E-state index contributed by atoms with van der Waals surface area (Å²) in [6.07, 6.45) is 16.4. The van der Waals surface area contributed by atoms with Gasteiger partial charge in [0.1, 0.15) is 0 Å². The van der Waals surface area contributed by atoms with Crippen LogP contribution in [0.5, 0.6) is 0 Å². The Morgan fingerprint density at radius 1 is 0.882 bits per heavy atom. The first-order valence-corrected chi connectivity index (χ1v) is 7.73. The second-order valence-electron chi connectivity index (χ2n) is 4.96. The molecule has 0 aromatic carbocycles. The standard InChI is InChI=1S/C16H33N/c1-4-7-8-9-10-11-12-13-15-17-16(6-3)14-5-2/h9-10,16-17H,4-8,11-15H2,1-3H3/b10-9-/t16-/m0/s1. The van der Waals surface area contributed by atoms with Crippen LogP contribution in [0.3, 0.4) is 0 Å². The molecule has 0 aliphatic rings. The van der Waals surface area contributed by atoms with Gasteiger partial charge in [0, 0.05) is 6.04 Å². The molecule has 0 aliphatic heterocycles. The summed E-state index contributed by atoms with van der Waals surface area (Å²) in [4.78, 5) is 0. The van der Waals surface area contributed by atoms with E-state index in [1.54, 1.807) is 0 Å². The highest BCUT2D eigenvalue weighted by molar-refractivity contribution is 4.81. The Morgan fingerprint density at radius 2 is 1.59 bits per heavy atom. The van der Waals surface area contributed by atoms with Gasteiger partial charge in [-0.2, -0.15) is 0 Å². The lowest BCUT2D eigenvalue weighted by Gasteiger charge is -2.15. The van der Waals surface area contributed by atoms with E-state index in [2.05, 4.69) is 38.2 Å². The highest BCUT2D eigenvalue weighted by Crippen LogP contribution is 2.03. The van der Waals surface area contributed by atoms with Gasteiger partial charge in [0.15, 0.2) is 0 Å². The third kappa shape index (κ3) is 12.0. The fourth-order valence-corrected chi connectivity index (χ4v) is 2.05. The van der Waals surface area contributed by atoms with Gasteiger partial charge < -0.3 is 5.32 Å². The number of hydrogen-bond acceptors (Lipinski definition) is 1. The molecule has 1 nitrogen and oxygen atoms in total. The van der Waals surface area contributed by atoms with Crippen molar-refractivity contribution in [1.82, 2.24) is 5.32 Å². The maximum absolute atomic E-state index is 3.66. The minimum absolute atomic E-state index is 0.750. The SMILES string of the molecule is CCCC/C=C\CCCCN[C@@H](CC)CCC. The highest BCUT2D eigenvalue weighted by atomic mass is 14.9. The molecule has 0 saturated heterocycles. The van der Waals surface area contributed by atoms with E-state index in [0.717, 1.165) is 6.04 Å². The van der Waals surface area contributed by atoms with Crippen molar-refractivity contribution in [3.63, 3.8) is 0 Å². The van der Waals surface area contributed by atoms with E-state index >= 15 is 0 Å². The average molecular weight is 239 g/mol. The average Bonchev–Trinajstić information content (AvgIpc) is 2.35. The molecular formula is C16H33N. The molecule has 17 heavy (non-hydrogen) atoms. The molecule has 0 radical (unpaired) electrons. The Hall–Kier alpha value is -0.300. The van der Waals surface area contributed by atoms with Crippen LogP contribution in [0.15, 0.2) is 12.2 Å². The van der Waals surface area contributed by atoms with E-state index in [4.69, 9.17) is 0 Å². The lowest BCUT2D eigenvalue weighted by atomic mass is 10.1. The number of allylic oxidation sites excluding steroid dienone is 2. The second kappa shape index (κ2) is 13.8. The van der Waals surface area contributed by atoms with E-state index in [0.29, 0.717) is 0 Å². The Morgan fingerprint density at radius 3 is 2.18 bits per heavy atom. The van der Waals surface area contributed by atoms with Crippen molar-refractivity contribution in [2.45, 2.75) is 84.6 Å². The predicted octanol–water partition coefficient (Wildman–Crippen LogP) is 5.07. The van der Waals surface area contributed by atoms with E-state index < -0.39 is 0 Å². The molecule has 102 valence electrons. The van der Waals surface area contributed by atoms with Crippen molar-refractivity contribution in [2.75, 3.05) is 6.54 Å². The van der Waals surface area contributed by atoms with Gasteiger partial charge in [0.25, 0.3) is 0 Å². The summed E-state index contributed by atoms with van der Waals surface area (Å²) >= 11 is 0. The summed E-state index contributed by atoms with van der Waals surface area (Å²) in [5.74, 6) is 0. The molecule has 0 saturated carbocycles. The van der Waals surface area contributed by atoms with E-state index in [9.17, 15) is 0 Å². The van der Waals surface area contributed by atoms with Crippen LogP contribution in [0.1, 0.15) is 78.6 Å². The van der Waals surface area contributed by atoms with Crippen molar-refractivity contribution < 1.29 is 0 Å². The first-order chi connectivity index (χ1) is 8.35. The zero-order valence-corrected chi connectivity index (χ0v) is 12.3. The van der Waals surface area contributed by atoms with E-state index in [1.807, 2.05) is 0 Å². The molecule has 0 unspecified atom stereocenters. The van der Waals surface area contributed by atoms with E-state index in [1.165, 1.54) is 64.3 Å². The summed E-state index contributed by atoms with van der Waals surface area (Å²) < 4.78 is 0. The molecule has 0 bridgehead atoms. The molecule has 0 aliphatic carbocycles. The molecule has 1 N–H and O–H groups in total. The number of unbranched alkanes of at least 4 members (excludes halogenated alkanes) is 4. The van der Waals surface area contributed by atoms with Gasteiger partial charge in [-0.3, -0.25) is 0 Å². The fourth-order valence-electron chi connectivity index (χ4n) is 2.05. The second-order valence-corrected chi connectivity index (χ2v) is 4.96. The molecule has 0 aromatic rings. The van der Waals surface area contributed by atoms with Crippen LogP contribution in [0.4, 0.5) is 0 Å². The molecule has 1 atom stereocenters. The summed E-state index contributed by atoms with van der Waals surface area (Å²) in [5.41, 5.74) is 0. The predicted molar refractivity (Wildman–Crippen MR) is 79.5 cm³/mol. The maximum Gasteiger partial charge on any atom is 0.00643 e. The largest absolute Gasteiger partial charge is 0.314 e. The van der Waals surface area contributed by atoms with Crippen LogP contribution < -0.4 is 5.32 Å². The van der Waals surface area contributed by atoms with Crippen molar-refractivity contribution in [2.24, 2.45) is 0 Å². The van der Waals surface area contributed by atoms with Crippen LogP contribution >= 0.6 is 0 Å². The lowest BCUT2D eigenvalue weighted by Crippen LogP contribution is -2.29.